The van der Waals surface area contributed by atoms with Crippen LogP contribution < -0.4 is 28.4 Å². The summed E-state index contributed by atoms with van der Waals surface area (Å²) in [5.41, 5.74) is 13.2. The van der Waals surface area contributed by atoms with E-state index in [9.17, 15) is 33.9 Å². The molecule has 0 atom stereocenters. The number of aromatic carboxylic acids is 1. The Bertz CT molecular complexity index is 5460. The molecule has 0 amide bonds. The van der Waals surface area contributed by atoms with Gasteiger partial charge in [0.15, 0.2) is 0 Å². The molecule has 4 aliphatic heterocycles. The number of ether oxygens (including phenoxy) is 8. The van der Waals surface area contributed by atoms with E-state index >= 15 is 0 Å². The summed E-state index contributed by atoms with van der Waals surface area (Å²) in [6, 6.07) is 54.8. The average molecular weight is 1780 g/mol. The maximum atomic E-state index is 13.2. The SMILES string of the molecule is CC(C)c1cc(Br)cc2c1OC(C)(C)CC2(C)C.CC(C)c1cc(C(=O)O)cc2c1OC(C)(C)CC2(C)C.CC(C)c1cc(C(=O)Oc2ccc(/C=C/C(=O)O)cc2)cc2c1OC(C)(C)CC2(C)C.CC(C)c1cc(C(=O)Oc2ccc(/C=C/C(=O)OCc3ccccc3)cc2)cc2c1OC(C)(C)CC2(C)C.O=C(/C=C/c1ccc(O)cc1)OCc1ccccc1. The van der Waals surface area contributed by atoms with Crippen LogP contribution in [-0.2, 0) is 58.7 Å². The summed E-state index contributed by atoms with van der Waals surface area (Å²) in [4.78, 5) is 71.6. The third-order valence-corrected chi connectivity index (χ3v) is 22.8. The zero-order valence-corrected chi connectivity index (χ0v) is 79.4. The minimum Gasteiger partial charge on any atom is -0.508 e. The molecule has 18 heteroatoms. The van der Waals surface area contributed by atoms with Crippen molar-refractivity contribution in [2.75, 3.05) is 0 Å². The molecule has 0 aromatic heterocycles. The van der Waals surface area contributed by atoms with E-state index in [4.69, 9.17) is 48.1 Å². The number of aromatic hydroxyl groups is 1. The van der Waals surface area contributed by atoms with E-state index < -0.39 is 35.8 Å². The summed E-state index contributed by atoms with van der Waals surface area (Å²) in [5.74, 6) is 2.30. The molecular formula is C108H127BrO17. The fourth-order valence-corrected chi connectivity index (χ4v) is 17.7. The molecule has 0 bridgehead atoms. The standard InChI is InChI=1S/C33H36O5.C26H30O5.C17H24O3.C16H23BrO.C16H14O3/c1-22(2)27-18-25(19-28-30(27)38-33(5,6)21-32(28,3)4)31(35)37-26-15-12-23(13-16-26)14-17-29(34)36-20-24-10-8-7-9-11-24;1-16(2)20-13-18(14-21-23(20)31-26(5,6)15-25(21,3)4)24(29)30-19-10-7-17(8-11-19)9-12-22(27)28;1-10(2)12-7-11(15(18)19)8-13-14(12)20-17(5,6)9-16(13,3)4;1-10(2)12-7-11(17)8-13-14(12)18-16(5,6)9-15(13,3)4;17-15-9-6-13(7-10-15)8-11-16(18)19-12-14-4-2-1-3-5-14/h7-19,22H,20-21H2,1-6H3;7-14,16H,15H2,1-6H3,(H,27,28);7-8,10H,9H2,1-6H3,(H,18,19);7-8,10H,9H2,1-6H3;1-11,17H,12H2/b17-14+;12-9+;;;11-8+. The van der Waals surface area contributed by atoms with Crippen molar-refractivity contribution < 1.29 is 82.0 Å². The molecule has 0 saturated carbocycles. The lowest BCUT2D eigenvalue weighted by atomic mass is 9.72. The topological polar surface area (TPSA) is 237 Å². The summed E-state index contributed by atoms with van der Waals surface area (Å²) in [7, 11) is 0. The molecule has 0 spiro atoms. The number of fused-ring (bicyclic) bond motifs is 4. The monoisotopic (exact) mass is 1770 g/mol. The van der Waals surface area contributed by atoms with E-state index in [1.165, 1.54) is 29.4 Å². The molecule has 4 aliphatic rings. The van der Waals surface area contributed by atoms with Crippen LogP contribution in [0.25, 0.3) is 18.2 Å². The van der Waals surface area contributed by atoms with Crippen molar-refractivity contribution in [3.63, 3.8) is 0 Å². The van der Waals surface area contributed by atoms with Crippen LogP contribution in [0.1, 0.15) is 319 Å². The zero-order chi connectivity index (χ0) is 93.0. The Morgan fingerprint density at radius 3 is 0.944 bits per heavy atom. The minimum atomic E-state index is -1.01. The molecule has 0 unspecified atom stereocenters. The molecular weight excluding hydrogens is 1650 g/mol. The number of phenolic OH excluding ortho intramolecular Hbond substituents is 1. The lowest BCUT2D eigenvalue weighted by Gasteiger charge is -2.43. The highest BCUT2D eigenvalue weighted by Crippen LogP contribution is 2.53. The Hall–Kier alpha value is -11.5. The number of hydrogen-bond acceptors (Lipinski definition) is 15. The number of carboxylic acids is 2. The molecule has 0 saturated heterocycles. The fraction of sp³-hybridized carbons (Fsp3) is 0.389. The summed E-state index contributed by atoms with van der Waals surface area (Å²) >= 11 is 3.63. The van der Waals surface area contributed by atoms with Gasteiger partial charge in [-0.15, -0.1) is 0 Å². The van der Waals surface area contributed by atoms with Crippen molar-refractivity contribution >= 4 is 70.0 Å². The number of halogens is 1. The summed E-state index contributed by atoms with van der Waals surface area (Å²) in [5, 5.41) is 27.2. The molecule has 4 heterocycles. The van der Waals surface area contributed by atoms with E-state index in [1.807, 2.05) is 84.9 Å². The first kappa shape index (κ1) is 98.3. The number of carbonyl (C=O) groups is 6. The number of hydrogen-bond donors (Lipinski definition) is 3. The number of benzene rings is 9. The van der Waals surface area contributed by atoms with Gasteiger partial charge in [0.2, 0.25) is 0 Å². The summed E-state index contributed by atoms with van der Waals surface area (Å²) < 4.78 is 48.0. The molecule has 126 heavy (non-hydrogen) atoms. The van der Waals surface area contributed by atoms with Gasteiger partial charge in [0, 0.05) is 45.0 Å². The molecule has 13 rings (SSSR count). The van der Waals surface area contributed by atoms with E-state index in [0.717, 1.165) is 115 Å². The van der Waals surface area contributed by atoms with Crippen LogP contribution in [0.15, 0.2) is 205 Å². The first-order chi connectivity index (χ1) is 58.7. The largest absolute Gasteiger partial charge is 0.508 e. The van der Waals surface area contributed by atoms with Gasteiger partial charge in [-0.2, -0.15) is 0 Å². The van der Waals surface area contributed by atoms with Gasteiger partial charge in [0.05, 0.1) is 16.7 Å². The highest BCUT2D eigenvalue weighted by Gasteiger charge is 2.45. The Morgan fingerprint density at radius 2 is 0.643 bits per heavy atom. The third-order valence-electron chi connectivity index (χ3n) is 22.3. The second-order valence-corrected chi connectivity index (χ2v) is 40.3. The average Bonchev–Trinajstić information content (AvgIpc) is 0.762. The molecule has 3 N–H and O–H groups in total. The molecule has 9 aromatic rings. The predicted octanol–water partition coefficient (Wildman–Crippen LogP) is 26.5. The second kappa shape index (κ2) is 40.4. The van der Waals surface area contributed by atoms with Crippen molar-refractivity contribution in [2.45, 2.75) is 273 Å². The van der Waals surface area contributed by atoms with E-state index in [2.05, 4.69) is 194 Å². The molecule has 9 aromatic carbocycles. The Balaban J connectivity index is 0.000000184. The van der Waals surface area contributed by atoms with Gasteiger partial charge in [-0.1, -0.05) is 224 Å². The molecule has 0 radical (unpaired) electrons. The van der Waals surface area contributed by atoms with Gasteiger partial charge in [0.1, 0.15) is 75.9 Å². The van der Waals surface area contributed by atoms with Gasteiger partial charge in [-0.3, -0.25) is 0 Å². The molecule has 17 nitrogen and oxygen atoms in total. The van der Waals surface area contributed by atoms with Gasteiger partial charge in [0.25, 0.3) is 0 Å². The number of esters is 4. The van der Waals surface area contributed by atoms with Gasteiger partial charge in [-0.25, -0.2) is 28.8 Å². The number of phenols is 1. The lowest BCUT2D eigenvalue weighted by Crippen LogP contribution is -2.42. The highest BCUT2D eigenvalue weighted by molar-refractivity contribution is 9.10. The quantitative estimate of drug-likeness (QED) is 0.0387. The van der Waals surface area contributed by atoms with Crippen molar-refractivity contribution in [3.8, 4) is 40.2 Å². The summed E-state index contributed by atoms with van der Waals surface area (Å²) in [6.07, 6.45) is 12.2. The van der Waals surface area contributed by atoms with Gasteiger partial charge < -0.3 is 53.2 Å². The minimum absolute atomic E-state index is 0.0893. The lowest BCUT2D eigenvalue weighted by molar-refractivity contribution is -0.139. The molecule has 0 fully saturated rings. The normalized spacial score (nSPS) is 16.4. The first-order valence-electron chi connectivity index (χ1n) is 43.2. The maximum absolute atomic E-state index is 13.2. The second-order valence-electron chi connectivity index (χ2n) is 39.3. The smallest absolute Gasteiger partial charge is 0.343 e. The van der Waals surface area contributed by atoms with Crippen molar-refractivity contribution in [1.82, 2.24) is 0 Å². The van der Waals surface area contributed by atoms with Crippen LogP contribution >= 0.6 is 15.9 Å². The number of carbonyl (C=O) groups excluding carboxylic acids is 4. The Morgan fingerprint density at radius 1 is 0.365 bits per heavy atom. The van der Waals surface area contributed by atoms with E-state index in [1.54, 1.807) is 97.1 Å². The Kier molecular flexibility index (Phi) is 31.5. The van der Waals surface area contributed by atoms with Crippen LogP contribution in [0.5, 0.6) is 40.2 Å². The van der Waals surface area contributed by atoms with Crippen LogP contribution in [0.2, 0.25) is 0 Å². The van der Waals surface area contributed by atoms with Crippen molar-refractivity contribution in [3.05, 3.63) is 294 Å². The van der Waals surface area contributed by atoms with Crippen molar-refractivity contribution in [1.29, 1.82) is 0 Å². The first-order valence-corrected chi connectivity index (χ1v) is 44.0. The van der Waals surface area contributed by atoms with Crippen LogP contribution in [-0.4, -0.2) is 73.5 Å². The van der Waals surface area contributed by atoms with Crippen LogP contribution in [0.3, 0.4) is 0 Å². The van der Waals surface area contributed by atoms with Crippen LogP contribution in [0, 0.1) is 0 Å². The molecule has 0 aliphatic carbocycles. The third kappa shape index (κ3) is 27.0. The predicted molar refractivity (Wildman–Crippen MR) is 504 cm³/mol. The summed E-state index contributed by atoms with van der Waals surface area (Å²) in [6.45, 7) is 52.1. The van der Waals surface area contributed by atoms with Crippen molar-refractivity contribution in [2.24, 2.45) is 0 Å². The zero-order valence-electron chi connectivity index (χ0n) is 77.8. The number of rotatable bonds is 19. The number of carboxylic acid groups (broad SMARTS) is 2. The highest BCUT2D eigenvalue weighted by atomic mass is 79.9. The number of aliphatic carboxylic acids is 1. The van der Waals surface area contributed by atoms with E-state index in [-0.39, 0.29) is 80.8 Å². The van der Waals surface area contributed by atoms with Crippen LogP contribution in [0.4, 0.5) is 0 Å². The fourth-order valence-electron chi connectivity index (χ4n) is 17.3. The molecule has 668 valence electrons. The Labute approximate surface area is 754 Å². The van der Waals surface area contributed by atoms with E-state index in [0.29, 0.717) is 39.7 Å². The maximum Gasteiger partial charge on any atom is 0.343 e. The van der Waals surface area contributed by atoms with Gasteiger partial charge in [-0.05, 0) is 280 Å². The van der Waals surface area contributed by atoms with Gasteiger partial charge >= 0.3 is 35.8 Å².